The third kappa shape index (κ3) is 3.02. The largest absolute Gasteiger partial charge is 0.444 e. The summed E-state index contributed by atoms with van der Waals surface area (Å²) < 4.78 is 7.31. The third-order valence-electron chi connectivity index (χ3n) is 4.20. The summed E-state index contributed by atoms with van der Waals surface area (Å²) in [5.41, 5.74) is 1.92. The molecule has 0 N–H and O–H groups in total. The summed E-state index contributed by atoms with van der Waals surface area (Å²) in [6.45, 7) is 6.59. The van der Waals surface area contributed by atoms with Crippen LogP contribution in [0.25, 0.3) is 21.0 Å². The molecule has 0 unspecified atom stereocenters. The minimum Gasteiger partial charge on any atom is -0.444 e. The molecule has 0 saturated heterocycles. The van der Waals surface area contributed by atoms with E-state index in [9.17, 15) is 4.79 Å². The highest BCUT2D eigenvalue weighted by molar-refractivity contribution is 7.98. The zero-order valence-corrected chi connectivity index (χ0v) is 17.1. The molecule has 134 valence electrons. The molecule has 0 bridgehead atoms. The maximum Gasteiger partial charge on any atom is 0.263 e. The number of aryl methyl sites for hydroxylation is 2. The first-order valence-electron chi connectivity index (χ1n) is 8.20. The van der Waals surface area contributed by atoms with Crippen molar-refractivity contribution in [3.8, 4) is 10.8 Å². The lowest BCUT2D eigenvalue weighted by Crippen LogP contribution is -2.22. The van der Waals surface area contributed by atoms with Crippen LogP contribution in [0.3, 0.4) is 0 Å². The molecule has 0 aliphatic rings. The maximum atomic E-state index is 12.9. The van der Waals surface area contributed by atoms with Crippen LogP contribution in [0, 0.1) is 13.8 Å². The lowest BCUT2D eigenvalue weighted by Gasteiger charge is -2.09. The van der Waals surface area contributed by atoms with Gasteiger partial charge in [0, 0.05) is 17.2 Å². The van der Waals surface area contributed by atoms with Crippen molar-refractivity contribution in [2.24, 2.45) is 0 Å². The number of fused-ring (bicyclic) bond motifs is 1. The van der Waals surface area contributed by atoms with Gasteiger partial charge in [-0.05, 0) is 37.8 Å². The Morgan fingerprint density at radius 3 is 2.88 bits per heavy atom. The minimum atomic E-state index is 0.0428. The Balaban J connectivity index is 1.64. The van der Waals surface area contributed by atoms with Gasteiger partial charge < -0.3 is 4.42 Å². The van der Waals surface area contributed by atoms with Crippen molar-refractivity contribution in [2.45, 2.75) is 38.2 Å². The van der Waals surface area contributed by atoms with Gasteiger partial charge in [-0.2, -0.15) is 0 Å². The number of thioether (sulfide) groups is 1. The first kappa shape index (κ1) is 17.5. The number of thiophene rings is 2. The van der Waals surface area contributed by atoms with Crippen LogP contribution < -0.4 is 5.56 Å². The second-order valence-corrected chi connectivity index (χ2v) is 8.91. The SMILES string of the molecule is CCn1c(SCc2coc(-c3cccs3)n2)nc2sc(C)c(C)c2c1=O. The molecule has 0 amide bonds. The fraction of sp³-hybridized carbons (Fsp3) is 0.278. The highest BCUT2D eigenvalue weighted by Crippen LogP contribution is 2.30. The average molecular weight is 404 g/mol. The van der Waals surface area contributed by atoms with Crippen molar-refractivity contribution >= 4 is 44.7 Å². The Bertz CT molecular complexity index is 1120. The van der Waals surface area contributed by atoms with E-state index in [0.29, 0.717) is 18.2 Å². The van der Waals surface area contributed by atoms with Crippen LogP contribution in [0.4, 0.5) is 0 Å². The lowest BCUT2D eigenvalue weighted by atomic mass is 10.2. The van der Waals surface area contributed by atoms with Gasteiger partial charge in [-0.25, -0.2) is 9.97 Å². The molecule has 0 aliphatic carbocycles. The Kier molecular flexibility index (Phi) is 4.73. The highest BCUT2D eigenvalue weighted by Gasteiger charge is 2.17. The summed E-state index contributed by atoms with van der Waals surface area (Å²) in [5.74, 6) is 1.24. The number of rotatable bonds is 5. The first-order valence-corrected chi connectivity index (χ1v) is 10.9. The molecule has 0 radical (unpaired) electrons. The predicted octanol–water partition coefficient (Wildman–Crippen LogP) is 5.10. The number of nitrogens with zero attached hydrogens (tertiary/aromatic N) is 3. The van der Waals surface area contributed by atoms with Gasteiger partial charge in [0.2, 0.25) is 5.89 Å². The third-order valence-corrected chi connectivity index (χ3v) is 7.17. The molecular weight excluding hydrogens is 386 g/mol. The van der Waals surface area contributed by atoms with E-state index in [2.05, 4.69) is 4.98 Å². The van der Waals surface area contributed by atoms with E-state index in [1.54, 1.807) is 33.5 Å². The second kappa shape index (κ2) is 7.02. The molecule has 0 saturated carbocycles. The molecule has 0 atom stereocenters. The molecule has 26 heavy (non-hydrogen) atoms. The molecule has 0 spiro atoms. The van der Waals surface area contributed by atoms with Crippen molar-refractivity contribution in [2.75, 3.05) is 0 Å². The fourth-order valence-electron chi connectivity index (χ4n) is 2.72. The van der Waals surface area contributed by atoms with E-state index in [1.807, 2.05) is 38.3 Å². The number of hydrogen-bond acceptors (Lipinski definition) is 7. The summed E-state index contributed by atoms with van der Waals surface area (Å²) >= 11 is 4.70. The highest BCUT2D eigenvalue weighted by atomic mass is 32.2. The molecule has 4 aromatic rings. The van der Waals surface area contributed by atoms with E-state index >= 15 is 0 Å². The van der Waals surface area contributed by atoms with Crippen LogP contribution in [-0.4, -0.2) is 14.5 Å². The van der Waals surface area contributed by atoms with E-state index in [1.165, 1.54) is 11.8 Å². The summed E-state index contributed by atoms with van der Waals surface area (Å²) in [6, 6.07) is 3.96. The van der Waals surface area contributed by atoms with Gasteiger partial charge in [0.15, 0.2) is 5.16 Å². The molecule has 4 heterocycles. The molecule has 4 rings (SSSR count). The molecule has 8 heteroatoms. The Morgan fingerprint density at radius 2 is 2.15 bits per heavy atom. The quantitative estimate of drug-likeness (QED) is 0.342. The number of hydrogen-bond donors (Lipinski definition) is 0. The van der Waals surface area contributed by atoms with Crippen LogP contribution in [-0.2, 0) is 12.3 Å². The Hall–Kier alpha value is -1.90. The van der Waals surface area contributed by atoms with Crippen LogP contribution >= 0.6 is 34.4 Å². The monoisotopic (exact) mass is 403 g/mol. The minimum absolute atomic E-state index is 0.0428. The lowest BCUT2D eigenvalue weighted by molar-refractivity contribution is 0.575. The van der Waals surface area contributed by atoms with Crippen molar-refractivity contribution in [3.05, 3.63) is 50.3 Å². The van der Waals surface area contributed by atoms with Gasteiger partial charge in [-0.15, -0.1) is 22.7 Å². The smallest absolute Gasteiger partial charge is 0.263 e. The average Bonchev–Trinajstić information content (AvgIpc) is 3.34. The first-order chi connectivity index (χ1) is 12.6. The standard InChI is InChI=1S/C18H17N3O2S3/c1-4-21-17(22)14-10(2)11(3)26-16(14)20-18(21)25-9-12-8-23-15(19-12)13-6-5-7-24-13/h5-8H,4,9H2,1-3H3. The Morgan fingerprint density at radius 1 is 1.31 bits per heavy atom. The fourth-order valence-corrected chi connectivity index (χ4v) is 5.39. The number of oxazole rings is 1. The molecular formula is C18H17N3O2S3. The van der Waals surface area contributed by atoms with Crippen LogP contribution in [0.5, 0.6) is 0 Å². The summed E-state index contributed by atoms with van der Waals surface area (Å²) in [6.07, 6.45) is 1.68. The summed E-state index contributed by atoms with van der Waals surface area (Å²) in [4.78, 5) is 25.1. The van der Waals surface area contributed by atoms with Gasteiger partial charge in [0.1, 0.15) is 11.1 Å². The van der Waals surface area contributed by atoms with Crippen LogP contribution in [0.1, 0.15) is 23.1 Å². The molecule has 0 aliphatic heterocycles. The zero-order valence-electron chi connectivity index (χ0n) is 14.6. The van der Waals surface area contributed by atoms with Gasteiger partial charge >= 0.3 is 0 Å². The normalized spacial score (nSPS) is 11.5. The van der Waals surface area contributed by atoms with Gasteiger partial charge in [0.25, 0.3) is 5.56 Å². The van der Waals surface area contributed by atoms with Crippen molar-refractivity contribution in [1.29, 1.82) is 0 Å². The van der Waals surface area contributed by atoms with Crippen molar-refractivity contribution in [1.82, 2.24) is 14.5 Å². The predicted molar refractivity (Wildman–Crippen MR) is 108 cm³/mol. The summed E-state index contributed by atoms with van der Waals surface area (Å²) in [7, 11) is 0. The molecule has 0 fully saturated rings. The number of aromatic nitrogens is 3. The maximum absolute atomic E-state index is 12.9. The van der Waals surface area contributed by atoms with Gasteiger partial charge in [0.05, 0.1) is 16.0 Å². The van der Waals surface area contributed by atoms with E-state index < -0.39 is 0 Å². The molecule has 4 aromatic heterocycles. The van der Waals surface area contributed by atoms with Crippen LogP contribution in [0.2, 0.25) is 0 Å². The Labute approximate surface area is 162 Å². The van der Waals surface area contributed by atoms with Crippen LogP contribution in [0.15, 0.2) is 38.1 Å². The molecule has 5 nitrogen and oxygen atoms in total. The summed E-state index contributed by atoms with van der Waals surface area (Å²) in [5, 5.41) is 3.48. The van der Waals surface area contributed by atoms with Crippen molar-refractivity contribution in [3.63, 3.8) is 0 Å². The second-order valence-electron chi connectivity index (χ2n) is 5.82. The van der Waals surface area contributed by atoms with Gasteiger partial charge in [-0.1, -0.05) is 17.8 Å². The van der Waals surface area contributed by atoms with Gasteiger partial charge in [-0.3, -0.25) is 9.36 Å². The zero-order chi connectivity index (χ0) is 18.3. The van der Waals surface area contributed by atoms with Crippen molar-refractivity contribution < 1.29 is 4.42 Å². The molecule has 0 aromatic carbocycles. The topological polar surface area (TPSA) is 60.9 Å². The van der Waals surface area contributed by atoms with E-state index in [0.717, 1.165) is 36.4 Å². The van der Waals surface area contributed by atoms with E-state index in [-0.39, 0.29) is 5.56 Å². The van der Waals surface area contributed by atoms with E-state index in [4.69, 9.17) is 9.40 Å².